The average Bonchev–Trinajstić information content (AvgIpc) is 4.14. The first-order valence-corrected chi connectivity index (χ1v) is 28.3. The Balaban J connectivity index is 0.932. The zero-order valence-corrected chi connectivity index (χ0v) is 44.2. The molecule has 0 spiro atoms. The van der Waals surface area contributed by atoms with Crippen molar-refractivity contribution >= 4 is 71.7 Å². The number of nitrogens with zero attached hydrogens (tertiary/aromatic N) is 8. The van der Waals surface area contributed by atoms with Crippen molar-refractivity contribution in [2.75, 3.05) is 74.8 Å². The van der Waals surface area contributed by atoms with Gasteiger partial charge in [0, 0.05) is 27.5 Å². The van der Waals surface area contributed by atoms with Crippen LogP contribution in [0.4, 0.5) is 29.2 Å². The molecule has 3 fully saturated rings. The predicted molar refractivity (Wildman–Crippen MR) is 255 cm³/mol. The van der Waals surface area contributed by atoms with Crippen molar-refractivity contribution in [2.45, 2.75) is 93.6 Å². The van der Waals surface area contributed by atoms with Crippen LogP contribution in [0, 0.1) is 0 Å². The van der Waals surface area contributed by atoms with Crippen LogP contribution in [-0.2, 0) is 73.4 Å². The number of phosphoric acid groups is 4. The predicted octanol–water partition coefficient (Wildman–Crippen LogP) is -2.94. The van der Waals surface area contributed by atoms with Crippen LogP contribution in [0.5, 0.6) is 0 Å². The number of aliphatic hydroxyl groups excluding tert-OH is 2. The summed E-state index contributed by atoms with van der Waals surface area (Å²) in [4.78, 5) is 104. The van der Waals surface area contributed by atoms with E-state index in [2.05, 4.69) is 38.5 Å². The van der Waals surface area contributed by atoms with Gasteiger partial charge in [-0.05, 0) is 19.9 Å². The number of nitrogens with two attached hydrogens (primary N) is 3. The van der Waals surface area contributed by atoms with E-state index in [1.165, 1.54) is 21.4 Å². The molecule has 0 bridgehead atoms. The standard InChI is InChI=1S/C35H53N13O25P4/c1-13(2)67-23-15(69-30(21(23)50)47-11-39-18-26(47)41-33(37)43-28(18)51)9-64-74(54,55)71-24-16(70-32(25(24)63-5)46-7-6-17(36)40-35(46)53)10-66-76(58,59)73-77(60,61)72-75(56,57)65-8-14-22(62-4)20(49)31(68-14)48-12-45(3)19-27(48)42-34(38)44-29(19)52/h6-7,11,13-16,20-25,30-32,49-50H,8-10,12H2,1-5H3,(H,54,55)(H,56,57)(H,58,59)(H,60,61)(H2,36,40,53)(H3,37,41,43,51)(H3,38,42,44,52)/t14-,15-,16-,20?,21+,22+,23?,24?,25+,30-,31-,32-/m1/s1. The summed E-state index contributed by atoms with van der Waals surface area (Å²) in [6, 6.07) is 1.16. The molecular weight excluding hydrogens is 1130 g/mol. The number of hydrogen-bond donors (Lipinski definition) is 11. The molecule has 77 heavy (non-hydrogen) atoms. The highest BCUT2D eigenvalue weighted by molar-refractivity contribution is 7.66. The van der Waals surface area contributed by atoms with Gasteiger partial charge in [0.2, 0.25) is 11.9 Å². The first kappa shape index (κ1) is 58.5. The second-order valence-corrected chi connectivity index (χ2v) is 23.5. The van der Waals surface area contributed by atoms with Gasteiger partial charge in [-0.25, -0.2) is 28.0 Å². The fraction of sp³-hybridized carbons (Fsp3) is 0.629. The molecule has 4 aliphatic rings. The van der Waals surface area contributed by atoms with Gasteiger partial charge >= 0.3 is 37.0 Å². The number of fused-ring (bicyclic) bond motifs is 2. The van der Waals surface area contributed by atoms with Crippen LogP contribution in [-0.4, -0.2) is 184 Å². The summed E-state index contributed by atoms with van der Waals surface area (Å²) in [6.07, 6.45) is -16.7. The van der Waals surface area contributed by atoms with E-state index < -0.39 is 148 Å². The Bertz CT molecular complexity index is 3200. The van der Waals surface area contributed by atoms with Crippen LogP contribution in [0.2, 0.25) is 0 Å². The molecule has 3 saturated heterocycles. The van der Waals surface area contributed by atoms with E-state index in [9.17, 15) is 62.4 Å². The molecule has 4 aromatic heterocycles. The molecule has 7 unspecified atom stereocenters. The van der Waals surface area contributed by atoms with Gasteiger partial charge in [-0.2, -0.15) is 23.6 Å². The van der Waals surface area contributed by atoms with Gasteiger partial charge in [-0.1, -0.05) is 0 Å². The van der Waals surface area contributed by atoms with E-state index in [1.54, 1.807) is 13.8 Å². The van der Waals surface area contributed by atoms with Crippen molar-refractivity contribution in [3.05, 3.63) is 49.8 Å². The first-order valence-electron chi connectivity index (χ1n) is 22.4. The third-order valence-electron chi connectivity index (χ3n) is 11.8. The zero-order chi connectivity index (χ0) is 56.3. The van der Waals surface area contributed by atoms with Crippen LogP contribution in [0.3, 0.4) is 0 Å². The normalized spacial score (nSPS) is 30.6. The molecule has 428 valence electrons. The summed E-state index contributed by atoms with van der Waals surface area (Å²) >= 11 is 0. The van der Waals surface area contributed by atoms with E-state index >= 15 is 0 Å². The molecule has 0 radical (unpaired) electrons. The van der Waals surface area contributed by atoms with Crippen molar-refractivity contribution < 1.29 is 103 Å². The molecule has 8 rings (SSSR count). The molecule has 0 aliphatic carbocycles. The molecule has 4 aliphatic heterocycles. The Morgan fingerprint density at radius 2 is 1.26 bits per heavy atom. The highest BCUT2D eigenvalue weighted by atomic mass is 31.3. The maximum absolute atomic E-state index is 13.8. The number of H-pyrrole nitrogens is 2. The molecule has 0 amide bonds. The van der Waals surface area contributed by atoms with Crippen LogP contribution < -0.4 is 43.8 Å². The van der Waals surface area contributed by atoms with Crippen LogP contribution >= 0.6 is 31.3 Å². The number of aromatic amines is 2. The number of anilines is 5. The van der Waals surface area contributed by atoms with Gasteiger partial charge in [-0.3, -0.25) is 46.8 Å². The van der Waals surface area contributed by atoms with Crippen LogP contribution in [0.15, 0.2) is 33.0 Å². The van der Waals surface area contributed by atoms with Crippen molar-refractivity contribution in [1.29, 1.82) is 0 Å². The van der Waals surface area contributed by atoms with Crippen molar-refractivity contribution in [1.82, 2.24) is 39.0 Å². The van der Waals surface area contributed by atoms with E-state index in [0.717, 1.165) is 37.4 Å². The lowest BCUT2D eigenvalue weighted by Gasteiger charge is -2.27. The largest absolute Gasteiger partial charge is 0.490 e. The second-order valence-electron chi connectivity index (χ2n) is 17.5. The van der Waals surface area contributed by atoms with Gasteiger partial charge in [0.25, 0.3) is 11.1 Å². The number of methoxy groups -OCH3 is 2. The summed E-state index contributed by atoms with van der Waals surface area (Å²) in [6.45, 7) is 0.000414. The summed E-state index contributed by atoms with van der Waals surface area (Å²) in [5.74, 6) is -0.766. The minimum absolute atomic E-state index is 0.0128. The fourth-order valence-corrected chi connectivity index (χ4v) is 13.2. The lowest BCUT2D eigenvalue weighted by atomic mass is 10.1. The Labute approximate surface area is 431 Å². The quantitative estimate of drug-likeness (QED) is 0.0351. The zero-order valence-electron chi connectivity index (χ0n) is 40.6. The van der Waals surface area contributed by atoms with Crippen molar-refractivity contribution in [3.8, 4) is 0 Å². The lowest BCUT2D eigenvalue weighted by molar-refractivity contribution is -0.0814. The van der Waals surface area contributed by atoms with E-state index in [-0.39, 0.29) is 47.1 Å². The number of hydrogen-bond acceptors (Lipinski definition) is 30. The number of nitrogen functional groups attached to an aromatic ring is 3. The highest BCUT2D eigenvalue weighted by Crippen LogP contribution is 2.68. The average molecular weight is 1180 g/mol. The van der Waals surface area contributed by atoms with E-state index in [1.807, 2.05) is 0 Å². The molecule has 0 aromatic carbocycles. The smallest absolute Gasteiger partial charge is 0.386 e. The summed E-state index contributed by atoms with van der Waals surface area (Å²) in [5.41, 5.74) is 14.5. The number of ether oxygens (including phenoxy) is 6. The van der Waals surface area contributed by atoms with Crippen LogP contribution in [0.25, 0.3) is 11.2 Å². The van der Waals surface area contributed by atoms with Crippen LogP contribution in [0.1, 0.15) is 26.3 Å². The SMILES string of the molecule is CO[C@@H]1C(O)[C@H](N2CN(C)c3c2nc(N)[nH]c3=O)O[C@@H]1COP(=O)(O)OP(=O)(O)OP(=O)(O)OC[C@H]1O[C@@H](n2ccc(N)nc2=O)[C@@H](OC)C1OP(=O)(O)OC[C@H]1O[C@@H](n2cnc3c(=O)[nH]c(N)nc32)[C@@H](O)C1OC(C)C. The highest BCUT2D eigenvalue weighted by Gasteiger charge is 2.54. The minimum Gasteiger partial charge on any atom is -0.386 e. The number of imidazole rings is 1. The summed E-state index contributed by atoms with van der Waals surface area (Å²) in [7, 11) is -19.7. The fourth-order valence-electron chi connectivity index (χ4n) is 8.75. The summed E-state index contributed by atoms with van der Waals surface area (Å²) in [5, 5.41) is 22.5. The van der Waals surface area contributed by atoms with Crippen molar-refractivity contribution in [3.63, 3.8) is 0 Å². The lowest BCUT2D eigenvalue weighted by Crippen LogP contribution is -2.46. The van der Waals surface area contributed by atoms with Gasteiger partial charge in [0.1, 0.15) is 66.4 Å². The van der Waals surface area contributed by atoms with Gasteiger partial charge in [0.05, 0.1) is 38.9 Å². The number of phosphoric ester groups is 3. The Morgan fingerprint density at radius 3 is 1.87 bits per heavy atom. The van der Waals surface area contributed by atoms with Gasteiger partial charge in [0.15, 0.2) is 35.7 Å². The number of rotatable bonds is 22. The van der Waals surface area contributed by atoms with Gasteiger partial charge in [-0.15, -0.1) is 0 Å². The minimum atomic E-state index is -6.19. The third kappa shape index (κ3) is 12.7. The molecule has 8 heterocycles. The first-order chi connectivity index (χ1) is 36.0. The molecule has 4 aromatic rings. The molecule has 38 nitrogen and oxygen atoms in total. The third-order valence-corrected chi connectivity index (χ3v) is 17.1. The molecule has 0 saturated carbocycles. The van der Waals surface area contributed by atoms with Gasteiger partial charge < -0.3 is 85.2 Å². The molecule has 42 heteroatoms. The van der Waals surface area contributed by atoms with E-state index in [0.29, 0.717) is 0 Å². The maximum atomic E-state index is 13.8. The Kier molecular flexibility index (Phi) is 17.0. The number of nitrogens with one attached hydrogen (secondary N) is 2. The Morgan fingerprint density at radius 1 is 0.714 bits per heavy atom. The topological polar surface area (TPSA) is 529 Å². The van der Waals surface area contributed by atoms with Crippen molar-refractivity contribution in [2.24, 2.45) is 0 Å². The summed E-state index contributed by atoms with van der Waals surface area (Å²) < 4.78 is 118. The second kappa shape index (κ2) is 22.4. The number of aliphatic hydroxyl groups is 2. The van der Waals surface area contributed by atoms with E-state index in [4.69, 9.17) is 63.7 Å². The maximum Gasteiger partial charge on any atom is 0.490 e. The Hall–Kier alpha value is -4.69. The molecular formula is C35H53N13O25P4. The molecule has 14 N–H and O–H groups in total. The monoisotopic (exact) mass is 1180 g/mol. The molecule has 16 atom stereocenters. The number of aromatic nitrogens is 8.